The molecular formula is C23H27ClN2O5. The molecule has 1 atom stereocenters. The van der Waals surface area contributed by atoms with E-state index in [2.05, 4.69) is 18.9 Å². The summed E-state index contributed by atoms with van der Waals surface area (Å²) in [6.07, 6.45) is 5.12. The molecule has 7 nitrogen and oxygen atoms in total. The Labute approximate surface area is 186 Å². The van der Waals surface area contributed by atoms with Crippen molar-refractivity contribution in [2.45, 2.75) is 51.1 Å². The van der Waals surface area contributed by atoms with Crippen molar-refractivity contribution in [3.05, 3.63) is 50.8 Å². The number of hydrogen-bond acceptors (Lipinski definition) is 5. The highest BCUT2D eigenvalue weighted by molar-refractivity contribution is 6.32. The Morgan fingerprint density at radius 2 is 2.06 bits per heavy atom. The topological polar surface area (TPSA) is 81.0 Å². The van der Waals surface area contributed by atoms with Crippen molar-refractivity contribution in [2.75, 3.05) is 25.3 Å². The molecular weight excluding hydrogens is 420 g/mol. The molecule has 0 saturated carbocycles. The molecule has 1 saturated heterocycles. The Kier molecular flexibility index (Phi) is 5.75. The van der Waals surface area contributed by atoms with Gasteiger partial charge in [0, 0.05) is 38.0 Å². The summed E-state index contributed by atoms with van der Waals surface area (Å²) in [6, 6.07) is 5.23. The second-order valence-corrected chi connectivity index (χ2v) is 9.12. The Balaban J connectivity index is 1.88. The number of benzene rings is 1. The van der Waals surface area contributed by atoms with Crippen LogP contribution in [0.15, 0.2) is 29.2 Å². The van der Waals surface area contributed by atoms with E-state index in [9.17, 15) is 14.7 Å². The van der Waals surface area contributed by atoms with Crippen molar-refractivity contribution in [2.24, 2.45) is 0 Å². The van der Waals surface area contributed by atoms with Gasteiger partial charge in [-0.15, -0.1) is 0 Å². The summed E-state index contributed by atoms with van der Waals surface area (Å²) in [5, 5.41) is 12.2. The first-order chi connectivity index (χ1) is 14.7. The van der Waals surface area contributed by atoms with Crippen LogP contribution in [0.1, 0.15) is 61.5 Å². The Bertz CT molecular complexity index is 1080. The molecule has 3 heterocycles. The number of carboxylic acids is 1. The van der Waals surface area contributed by atoms with Crippen molar-refractivity contribution < 1.29 is 19.4 Å². The molecule has 0 radical (unpaired) electrons. The van der Waals surface area contributed by atoms with Gasteiger partial charge in [-0.1, -0.05) is 11.6 Å². The summed E-state index contributed by atoms with van der Waals surface area (Å²) in [6.45, 7) is 5.38. The van der Waals surface area contributed by atoms with E-state index >= 15 is 0 Å². The van der Waals surface area contributed by atoms with Gasteiger partial charge in [-0.3, -0.25) is 14.5 Å². The summed E-state index contributed by atoms with van der Waals surface area (Å²) < 4.78 is 12.8. The molecule has 8 heteroatoms. The van der Waals surface area contributed by atoms with Crippen LogP contribution < -0.4 is 15.2 Å². The van der Waals surface area contributed by atoms with E-state index in [-0.39, 0.29) is 17.1 Å². The number of fused-ring (bicyclic) bond motifs is 6. The highest BCUT2D eigenvalue weighted by atomic mass is 35.5. The predicted molar refractivity (Wildman–Crippen MR) is 119 cm³/mol. The number of rotatable bonds is 6. The summed E-state index contributed by atoms with van der Waals surface area (Å²) in [4.78, 5) is 24.2. The summed E-state index contributed by atoms with van der Waals surface area (Å²) in [5.74, 6) is -0.617. The molecule has 2 aliphatic heterocycles. The van der Waals surface area contributed by atoms with E-state index in [0.29, 0.717) is 29.7 Å². The van der Waals surface area contributed by atoms with Gasteiger partial charge >= 0.3 is 5.97 Å². The van der Waals surface area contributed by atoms with Crippen LogP contribution in [0.4, 0.5) is 0 Å². The van der Waals surface area contributed by atoms with Gasteiger partial charge in [0.05, 0.1) is 28.9 Å². The van der Waals surface area contributed by atoms with Crippen LogP contribution in [0, 0.1) is 0 Å². The third-order valence-electron chi connectivity index (χ3n) is 6.16. The zero-order chi connectivity index (χ0) is 22.3. The second kappa shape index (κ2) is 8.20. The lowest BCUT2D eigenvalue weighted by Gasteiger charge is -2.53. The number of piperidine rings is 1. The highest BCUT2D eigenvalue weighted by Gasteiger charge is 2.42. The van der Waals surface area contributed by atoms with Gasteiger partial charge in [0.25, 0.3) is 0 Å². The van der Waals surface area contributed by atoms with Gasteiger partial charge < -0.3 is 14.6 Å². The van der Waals surface area contributed by atoms with E-state index in [1.165, 1.54) is 12.3 Å². The fourth-order valence-corrected chi connectivity index (χ4v) is 4.96. The van der Waals surface area contributed by atoms with Gasteiger partial charge in [-0.05, 0) is 50.8 Å². The average molecular weight is 447 g/mol. The SMILES string of the molecule is COCCCOc1cc2c(cc1Cl)-c1cc(=O)c(C(=O)O)cn1N1[C@H]2CCCC1(C)C. The Morgan fingerprint density at radius 3 is 2.77 bits per heavy atom. The van der Waals surface area contributed by atoms with E-state index in [0.717, 1.165) is 36.8 Å². The molecule has 0 aliphatic carbocycles. The van der Waals surface area contributed by atoms with Gasteiger partial charge in [0.1, 0.15) is 11.3 Å². The normalized spacial score (nSPS) is 18.7. The summed E-state index contributed by atoms with van der Waals surface area (Å²) >= 11 is 6.54. The lowest BCUT2D eigenvalue weighted by atomic mass is 9.82. The van der Waals surface area contributed by atoms with Gasteiger partial charge in [-0.25, -0.2) is 4.79 Å². The number of methoxy groups -OCH3 is 1. The number of hydrogen-bond donors (Lipinski definition) is 1. The minimum absolute atomic E-state index is 0.0222. The van der Waals surface area contributed by atoms with E-state index in [1.54, 1.807) is 7.11 Å². The van der Waals surface area contributed by atoms with E-state index < -0.39 is 11.4 Å². The maximum Gasteiger partial charge on any atom is 0.341 e. The molecule has 1 aromatic heterocycles. The van der Waals surface area contributed by atoms with Crippen molar-refractivity contribution in [3.63, 3.8) is 0 Å². The first kappa shape index (κ1) is 21.7. The van der Waals surface area contributed by atoms with Crippen molar-refractivity contribution in [1.82, 2.24) is 4.68 Å². The number of carbonyl (C=O) groups is 1. The molecule has 0 unspecified atom stereocenters. The third-order valence-corrected chi connectivity index (χ3v) is 6.46. The maximum atomic E-state index is 12.5. The van der Waals surface area contributed by atoms with Crippen LogP contribution in [0.5, 0.6) is 5.75 Å². The number of pyridine rings is 1. The monoisotopic (exact) mass is 446 g/mol. The first-order valence-corrected chi connectivity index (χ1v) is 10.9. The van der Waals surface area contributed by atoms with Crippen molar-refractivity contribution in [1.29, 1.82) is 0 Å². The Hall–Kier alpha value is -2.51. The second-order valence-electron chi connectivity index (χ2n) is 8.72. The maximum absolute atomic E-state index is 12.5. The molecule has 2 aromatic rings. The first-order valence-electron chi connectivity index (χ1n) is 10.5. The molecule has 1 fully saturated rings. The molecule has 0 amide bonds. The molecule has 31 heavy (non-hydrogen) atoms. The molecule has 0 spiro atoms. The van der Waals surface area contributed by atoms with E-state index in [4.69, 9.17) is 21.1 Å². The van der Waals surface area contributed by atoms with Gasteiger partial charge in [0.15, 0.2) is 5.43 Å². The average Bonchev–Trinajstić information content (AvgIpc) is 2.71. The lowest BCUT2D eigenvalue weighted by Crippen LogP contribution is -2.57. The van der Waals surface area contributed by atoms with Crippen LogP contribution in [0.3, 0.4) is 0 Å². The molecule has 2 aliphatic rings. The number of aromatic nitrogens is 1. The molecule has 0 bridgehead atoms. The van der Waals surface area contributed by atoms with Gasteiger partial charge in [0.2, 0.25) is 0 Å². The van der Waals surface area contributed by atoms with Crippen molar-refractivity contribution in [3.8, 4) is 17.0 Å². The highest BCUT2D eigenvalue weighted by Crippen LogP contribution is 2.48. The fraction of sp³-hybridized carbons (Fsp3) is 0.478. The minimum atomic E-state index is -1.23. The number of carboxylic acid groups (broad SMARTS) is 1. The zero-order valence-electron chi connectivity index (χ0n) is 18.0. The van der Waals surface area contributed by atoms with Crippen LogP contribution >= 0.6 is 11.6 Å². The number of ether oxygens (including phenoxy) is 2. The van der Waals surface area contributed by atoms with Gasteiger partial charge in [-0.2, -0.15) is 0 Å². The minimum Gasteiger partial charge on any atom is -0.492 e. The van der Waals surface area contributed by atoms with Crippen LogP contribution in [-0.4, -0.2) is 41.6 Å². The zero-order valence-corrected chi connectivity index (χ0v) is 18.7. The molecule has 166 valence electrons. The number of aromatic carboxylic acids is 1. The smallest absolute Gasteiger partial charge is 0.341 e. The predicted octanol–water partition coefficient (Wildman–Crippen LogP) is 4.24. The molecule has 4 rings (SSSR count). The van der Waals surface area contributed by atoms with E-state index in [1.807, 2.05) is 16.8 Å². The molecule has 1 N–H and O–H groups in total. The third kappa shape index (κ3) is 3.81. The summed E-state index contributed by atoms with van der Waals surface area (Å²) in [5.41, 5.74) is 1.54. The van der Waals surface area contributed by atoms with Crippen molar-refractivity contribution >= 4 is 17.6 Å². The quantitative estimate of drug-likeness (QED) is 0.668. The number of halogens is 1. The van der Waals surface area contributed by atoms with Crippen LogP contribution in [0.2, 0.25) is 5.02 Å². The Morgan fingerprint density at radius 1 is 1.29 bits per heavy atom. The lowest BCUT2D eigenvalue weighted by molar-refractivity contribution is 0.0694. The van der Waals surface area contributed by atoms with Crippen LogP contribution in [0.25, 0.3) is 11.3 Å². The fourth-order valence-electron chi connectivity index (χ4n) is 4.74. The molecule has 1 aromatic carbocycles. The largest absolute Gasteiger partial charge is 0.492 e. The summed E-state index contributed by atoms with van der Waals surface area (Å²) in [7, 11) is 1.65. The number of nitrogens with zero attached hydrogens (tertiary/aromatic N) is 2. The standard InChI is InChI=1S/C23H27ClN2O5/c1-23(2)7-4-6-18-15-11-21(31-9-5-8-30-3)17(24)10-14(15)19-12-20(27)16(22(28)29)13-25(19)26(18)23/h10-13,18H,4-9H2,1-3H3,(H,28,29)/t18-/m0/s1. The van der Waals surface area contributed by atoms with Crippen LogP contribution in [-0.2, 0) is 4.74 Å².